The number of nitrogens with one attached hydrogen (secondary N) is 1. The van der Waals surface area contributed by atoms with Crippen molar-refractivity contribution in [1.29, 1.82) is 0 Å². The molecule has 0 bridgehead atoms. The number of carbonyl (C=O) groups excluding carboxylic acids is 1. The van der Waals surface area contributed by atoms with E-state index in [0.29, 0.717) is 6.42 Å². The maximum Gasteiger partial charge on any atom is 0.329 e. The van der Waals surface area contributed by atoms with Crippen molar-refractivity contribution in [2.24, 2.45) is 0 Å². The maximum absolute atomic E-state index is 12.5. The molecule has 1 rings (SSSR count). The molecule has 0 aliphatic carbocycles. The van der Waals surface area contributed by atoms with E-state index >= 15 is 0 Å². The van der Waals surface area contributed by atoms with Crippen LogP contribution in [-0.2, 0) is 4.79 Å². The molecule has 0 aliphatic heterocycles. The molecule has 21 heavy (non-hydrogen) atoms. The van der Waals surface area contributed by atoms with Gasteiger partial charge in [-0.25, -0.2) is 4.79 Å². The Morgan fingerprint density at radius 3 is 2.52 bits per heavy atom. The van der Waals surface area contributed by atoms with Crippen molar-refractivity contribution >= 4 is 23.6 Å². The van der Waals surface area contributed by atoms with E-state index in [2.05, 4.69) is 5.32 Å². The lowest BCUT2D eigenvalue weighted by Gasteiger charge is -2.26. The highest BCUT2D eigenvalue weighted by Crippen LogP contribution is 2.28. The lowest BCUT2D eigenvalue weighted by Crippen LogP contribution is -2.52. The topological polar surface area (TPSA) is 66.4 Å². The fourth-order valence-corrected chi connectivity index (χ4v) is 2.53. The largest absolute Gasteiger partial charge is 0.480 e. The fraction of sp³-hybridized carbons (Fsp3) is 0.429. The summed E-state index contributed by atoms with van der Waals surface area (Å²) in [6, 6.07) is 5.89. The highest BCUT2D eigenvalue weighted by atomic mass is 32.2. The van der Waals surface area contributed by atoms with Crippen LogP contribution in [0.1, 0.15) is 37.0 Å². The smallest absolute Gasteiger partial charge is 0.329 e. The number of hydrogen-bond donors (Lipinski definition) is 2. The van der Waals surface area contributed by atoms with Gasteiger partial charge in [0.25, 0.3) is 11.7 Å². The summed E-state index contributed by atoms with van der Waals surface area (Å²) < 4.78 is 25.0. The van der Waals surface area contributed by atoms with Crippen molar-refractivity contribution < 1.29 is 23.5 Å². The van der Waals surface area contributed by atoms with Crippen LogP contribution in [0.2, 0.25) is 0 Å². The van der Waals surface area contributed by atoms with Gasteiger partial charge in [0.1, 0.15) is 5.54 Å². The Morgan fingerprint density at radius 1 is 1.38 bits per heavy atom. The predicted molar refractivity (Wildman–Crippen MR) is 76.7 cm³/mol. The number of amides is 1. The maximum atomic E-state index is 12.5. The highest BCUT2D eigenvalue weighted by molar-refractivity contribution is 7.99. The van der Waals surface area contributed by atoms with E-state index in [0.717, 1.165) is 0 Å². The van der Waals surface area contributed by atoms with Crippen LogP contribution in [0.15, 0.2) is 29.2 Å². The molecule has 0 spiro atoms. The Bertz CT molecular complexity index is 525. The fourth-order valence-electron chi connectivity index (χ4n) is 1.89. The van der Waals surface area contributed by atoms with Crippen molar-refractivity contribution in [1.82, 2.24) is 5.32 Å². The number of carbonyl (C=O) groups is 2. The molecule has 0 fully saturated rings. The first-order valence-electron chi connectivity index (χ1n) is 6.40. The SMILES string of the molecule is CCCC(C)(NC(=O)c1ccccc1SC(F)F)C(=O)O. The van der Waals surface area contributed by atoms with E-state index < -0.39 is 23.2 Å². The molecule has 0 aliphatic rings. The molecule has 1 unspecified atom stereocenters. The van der Waals surface area contributed by atoms with Gasteiger partial charge in [-0.1, -0.05) is 37.2 Å². The van der Waals surface area contributed by atoms with Gasteiger partial charge in [-0.3, -0.25) is 4.79 Å². The summed E-state index contributed by atoms with van der Waals surface area (Å²) in [4.78, 5) is 23.6. The number of alkyl halides is 2. The zero-order valence-electron chi connectivity index (χ0n) is 11.7. The zero-order chi connectivity index (χ0) is 16.0. The molecule has 1 amide bonds. The van der Waals surface area contributed by atoms with Crippen LogP contribution >= 0.6 is 11.8 Å². The van der Waals surface area contributed by atoms with Gasteiger partial charge in [-0.05, 0) is 25.5 Å². The van der Waals surface area contributed by atoms with Gasteiger partial charge >= 0.3 is 5.97 Å². The molecule has 1 aromatic carbocycles. The molecule has 4 nitrogen and oxygen atoms in total. The summed E-state index contributed by atoms with van der Waals surface area (Å²) >= 11 is 0.260. The van der Waals surface area contributed by atoms with Gasteiger partial charge in [0.2, 0.25) is 0 Å². The van der Waals surface area contributed by atoms with Gasteiger partial charge in [0.15, 0.2) is 0 Å². The third-order valence-electron chi connectivity index (χ3n) is 2.96. The minimum atomic E-state index is -2.65. The van der Waals surface area contributed by atoms with E-state index in [1.54, 1.807) is 19.1 Å². The minimum Gasteiger partial charge on any atom is -0.480 e. The van der Waals surface area contributed by atoms with E-state index in [4.69, 9.17) is 0 Å². The first kappa shape index (κ1) is 17.4. The number of carboxylic acids is 1. The summed E-state index contributed by atoms with van der Waals surface area (Å²) in [5, 5.41) is 11.7. The average Bonchev–Trinajstić information content (AvgIpc) is 2.38. The quantitative estimate of drug-likeness (QED) is 0.757. The van der Waals surface area contributed by atoms with Crippen molar-refractivity contribution in [2.45, 2.75) is 42.9 Å². The van der Waals surface area contributed by atoms with Crippen LogP contribution in [0.4, 0.5) is 8.78 Å². The first-order chi connectivity index (χ1) is 9.80. The van der Waals surface area contributed by atoms with Crippen molar-refractivity contribution in [2.75, 3.05) is 0 Å². The summed E-state index contributed by atoms with van der Waals surface area (Å²) in [6.07, 6.45) is 0.814. The predicted octanol–water partition coefficient (Wildman–Crippen LogP) is 3.37. The Morgan fingerprint density at radius 2 is 2.00 bits per heavy atom. The van der Waals surface area contributed by atoms with Crippen LogP contribution in [0.3, 0.4) is 0 Å². The lowest BCUT2D eigenvalue weighted by atomic mass is 9.96. The second kappa shape index (κ2) is 7.40. The number of thioether (sulfide) groups is 1. The van der Waals surface area contributed by atoms with E-state index in [-0.39, 0.29) is 28.6 Å². The number of aliphatic carboxylic acids is 1. The molecule has 0 saturated heterocycles. The number of rotatable bonds is 7. The van der Waals surface area contributed by atoms with E-state index in [9.17, 15) is 23.5 Å². The lowest BCUT2D eigenvalue weighted by molar-refractivity contribution is -0.144. The number of benzene rings is 1. The van der Waals surface area contributed by atoms with Crippen molar-refractivity contribution in [3.05, 3.63) is 29.8 Å². The highest BCUT2D eigenvalue weighted by Gasteiger charge is 2.34. The van der Waals surface area contributed by atoms with Crippen LogP contribution in [0, 0.1) is 0 Å². The second-order valence-electron chi connectivity index (χ2n) is 4.72. The standard InChI is InChI=1S/C14H17F2NO3S/c1-3-8-14(2,12(19)20)17-11(18)9-6-4-5-7-10(9)21-13(15)16/h4-7,13H,3,8H2,1-2H3,(H,17,18)(H,19,20). The molecule has 7 heteroatoms. The number of carboxylic acid groups (broad SMARTS) is 1. The van der Waals surface area contributed by atoms with Gasteiger partial charge in [0, 0.05) is 4.90 Å². The minimum absolute atomic E-state index is 0.0476. The molecule has 0 heterocycles. The normalized spacial score (nSPS) is 13.8. The summed E-state index contributed by atoms with van der Waals surface area (Å²) in [7, 11) is 0. The summed E-state index contributed by atoms with van der Waals surface area (Å²) in [5.74, 6) is -4.48. The molecular weight excluding hydrogens is 300 g/mol. The third kappa shape index (κ3) is 4.70. The molecule has 0 aromatic heterocycles. The monoisotopic (exact) mass is 317 g/mol. The Balaban J connectivity index is 3.01. The molecule has 1 atom stereocenters. The second-order valence-corrected chi connectivity index (χ2v) is 5.75. The Hall–Kier alpha value is -1.63. The average molecular weight is 317 g/mol. The third-order valence-corrected chi connectivity index (χ3v) is 3.75. The Labute approximate surface area is 125 Å². The molecule has 116 valence electrons. The van der Waals surface area contributed by atoms with Gasteiger partial charge < -0.3 is 10.4 Å². The molecule has 1 aromatic rings. The van der Waals surface area contributed by atoms with Crippen molar-refractivity contribution in [3.8, 4) is 0 Å². The van der Waals surface area contributed by atoms with Crippen LogP contribution in [0.25, 0.3) is 0 Å². The van der Waals surface area contributed by atoms with E-state index in [1.165, 1.54) is 19.1 Å². The van der Waals surface area contributed by atoms with Crippen LogP contribution in [-0.4, -0.2) is 28.3 Å². The summed E-state index contributed by atoms with van der Waals surface area (Å²) in [6.45, 7) is 3.20. The Kier molecular flexibility index (Phi) is 6.14. The molecule has 0 radical (unpaired) electrons. The number of halogens is 2. The van der Waals surface area contributed by atoms with Gasteiger partial charge in [-0.15, -0.1) is 0 Å². The number of hydrogen-bond acceptors (Lipinski definition) is 3. The van der Waals surface area contributed by atoms with Crippen LogP contribution < -0.4 is 5.32 Å². The first-order valence-corrected chi connectivity index (χ1v) is 7.28. The molecule has 0 saturated carbocycles. The zero-order valence-corrected chi connectivity index (χ0v) is 12.5. The molecular formula is C14H17F2NO3S. The van der Waals surface area contributed by atoms with E-state index in [1.807, 2.05) is 0 Å². The van der Waals surface area contributed by atoms with Gasteiger partial charge in [-0.2, -0.15) is 8.78 Å². The molecule has 2 N–H and O–H groups in total. The van der Waals surface area contributed by atoms with Crippen molar-refractivity contribution in [3.63, 3.8) is 0 Å². The summed E-state index contributed by atoms with van der Waals surface area (Å²) in [5.41, 5.74) is -1.37. The van der Waals surface area contributed by atoms with Crippen LogP contribution in [0.5, 0.6) is 0 Å². The van der Waals surface area contributed by atoms with Gasteiger partial charge in [0.05, 0.1) is 5.56 Å².